The van der Waals surface area contributed by atoms with Crippen molar-refractivity contribution < 1.29 is 0 Å². The Morgan fingerprint density at radius 3 is 2.61 bits per heavy atom. The summed E-state index contributed by atoms with van der Waals surface area (Å²) in [7, 11) is 0. The van der Waals surface area contributed by atoms with E-state index in [-0.39, 0.29) is 5.41 Å². The number of hydrogen-bond donors (Lipinski definition) is 0. The van der Waals surface area contributed by atoms with Gasteiger partial charge in [-0.2, -0.15) is 5.26 Å². The molecular weight excluding hydrogens is 222 g/mol. The molecule has 1 aliphatic rings. The Kier molecular flexibility index (Phi) is 3.29. The van der Waals surface area contributed by atoms with Gasteiger partial charge in [-0.15, -0.1) is 0 Å². The maximum atomic E-state index is 8.98. The van der Waals surface area contributed by atoms with E-state index in [0.717, 1.165) is 24.2 Å². The number of pyridine rings is 1. The zero-order valence-electron chi connectivity index (χ0n) is 11.1. The van der Waals surface area contributed by atoms with Gasteiger partial charge >= 0.3 is 0 Å². The quantitative estimate of drug-likeness (QED) is 0.756. The fraction of sp³-hybridized carbons (Fsp3) is 0.400. The third kappa shape index (κ3) is 2.48. The molecule has 0 spiro atoms. The van der Waals surface area contributed by atoms with E-state index in [4.69, 9.17) is 5.26 Å². The number of rotatable bonds is 1. The van der Waals surface area contributed by atoms with Gasteiger partial charge in [-0.1, -0.05) is 20.8 Å². The molecule has 3 heteroatoms. The second-order valence-corrected chi connectivity index (χ2v) is 5.45. The highest BCUT2D eigenvalue weighted by Gasteiger charge is 2.22. The van der Waals surface area contributed by atoms with E-state index in [0.29, 0.717) is 5.69 Å². The molecule has 3 nitrogen and oxygen atoms in total. The average Bonchev–Trinajstić information content (AvgIpc) is 2.38. The van der Waals surface area contributed by atoms with Crippen molar-refractivity contribution in [1.82, 2.24) is 4.98 Å². The van der Waals surface area contributed by atoms with Gasteiger partial charge < -0.3 is 0 Å². The molecule has 0 aromatic carbocycles. The van der Waals surface area contributed by atoms with E-state index < -0.39 is 0 Å². The lowest BCUT2D eigenvalue weighted by molar-refractivity contribution is 0.566. The lowest BCUT2D eigenvalue weighted by Crippen LogP contribution is -2.17. The van der Waals surface area contributed by atoms with Crippen molar-refractivity contribution in [2.45, 2.75) is 32.6 Å². The summed E-state index contributed by atoms with van der Waals surface area (Å²) in [4.78, 5) is 8.70. The van der Waals surface area contributed by atoms with Crippen LogP contribution in [-0.2, 0) is 5.41 Å². The maximum Gasteiger partial charge on any atom is 0.140 e. The molecule has 0 N–H and O–H groups in total. The fourth-order valence-corrected chi connectivity index (χ4v) is 2.06. The van der Waals surface area contributed by atoms with Gasteiger partial charge in [0.2, 0.25) is 0 Å². The molecule has 0 saturated heterocycles. The van der Waals surface area contributed by atoms with Crippen LogP contribution in [0.3, 0.4) is 0 Å². The minimum absolute atomic E-state index is 0.0718. The summed E-state index contributed by atoms with van der Waals surface area (Å²) in [5.74, 6) is 0. The molecule has 92 valence electrons. The highest BCUT2D eigenvalue weighted by molar-refractivity contribution is 5.86. The first-order chi connectivity index (χ1) is 8.52. The van der Waals surface area contributed by atoms with Gasteiger partial charge in [-0.3, -0.25) is 4.99 Å². The summed E-state index contributed by atoms with van der Waals surface area (Å²) >= 11 is 0. The maximum absolute atomic E-state index is 8.98. The SMILES string of the molecule is CC(C)(C)c1nc(C#N)ccc1C1=CC=NCC1. The lowest BCUT2D eigenvalue weighted by Gasteiger charge is -2.23. The second kappa shape index (κ2) is 4.73. The van der Waals surface area contributed by atoms with Crippen molar-refractivity contribution in [3.8, 4) is 6.07 Å². The highest BCUT2D eigenvalue weighted by Crippen LogP contribution is 2.31. The average molecular weight is 239 g/mol. The number of nitriles is 1. The molecular formula is C15H17N3. The molecule has 0 unspecified atom stereocenters. The molecule has 0 fully saturated rings. The number of aromatic nitrogens is 1. The molecule has 0 radical (unpaired) electrons. The zero-order chi connectivity index (χ0) is 13.2. The van der Waals surface area contributed by atoms with Crippen molar-refractivity contribution in [2.24, 2.45) is 4.99 Å². The lowest BCUT2D eigenvalue weighted by atomic mass is 9.85. The first-order valence-electron chi connectivity index (χ1n) is 6.13. The van der Waals surface area contributed by atoms with Crippen molar-refractivity contribution in [3.63, 3.8) is 0 Å². The van der Waals surface area contributed by atoms with Crippen molar-refractivity contribution >= 4 is 11.8 Å². The Morgan fingerprint density at radius 1 is 1.28 bits per heavy atom. The van der Waals surface area contributed by atoms with Crippen LogP contribution < -0.4 is 0 Å². The minimum Gasteiger partial charge on any atom is -0.293 e. The molecule has 2 heterocycles. The summed E-state index contributed by atoms with van der Waals surface area (Å²) < 4.78 is 0. The van der Waals surface area contributed by atoms with Gasteiger partial charge in [0.15, 0.2) is 0 Å². The Hall–Kier alpha value is -1.95. The number of dihydropyridines is 1. The normalized spacial score (nSPS) is 15.1. The van der Waals surface area contributed by atoms with E-state index in [9.17, 15) is 0 Å². The monoisotopic (exact) mass is 239 g/mol. The Bertz CT molecular complexity index is 554. The van der Waals surface area contributed by atoms with Crippen LogP contribution in [0, 0.1) is 11.3 Å². The topological polar surface area (TPSA) is 49.0 Å². The Balaban J connectivity index is 2.57. The van der Waals surface area contributed by atoms with Crippen molar-refractivity contribution in [3.05, 3.63) is 35.2 Å². The molecule has 0 atom stereocenters. The van der Waals surface area contributed by atoms with E-state index >= 15 is 0 Å². The minimum atomic E-state index is -0.0718. The van der Waals surface area contributed by atoms with Crippen LogP contribution in [0.15, 0.2) is 23.2 Å². The smallest absolute Gasteiger partial charge is 0.140 e. The molecule has 1 aromatic rings. The van der Waals surface area contributed by atoms with E-state index in [1.165, 1.54) is 5.57 Å². The first kappa shape index (κ1) is 12.5. The summed E-state index contributed by atoms with van der Waals surface area (Å²) in [6.07, 6.45) is 4.83. The fourth-order valence-electron chi connectivity index (χ4n) is 2.06. The molecule has 2 rings (SSSR count). The van der Waals surface area contributed by atoms with Crippen molar-refractivity contribution in [1.29, 1.82) is 5.26 Å². The summed E-state index contributed by atoms with van der Waals surface area (Å²) in [6.45, 7) is 7.20. The Morgan fingerprint density at radius 2 is 2.06 bits per heavy atom. The Labute approximate surface area is 108 Å². The van der Waals surface area contributed by atoms with Crippen LogP contribution in [0.5, 0.6) is 0 Å². The van der Waals surface area contributed by atoms with Crippen LogP contribution in [0.25, 0.3) is 5.57 Å². The van der Waals surface area contributed by atoms with E-state index in [1.54, 1.807) is 6.07 Å². The van der Waals surface area contributed by atoms with Crippen LogP contribution in [0.4, 0.5) is 0 Å². The highest BCUT2D eigenvalue weighted by atomic mass is 14.7. The predicted molar refractivity (Wildman–Crippen MR) is 73.6 cm³/mol. The van der Waals surface area contributed by atoms with Gasteiger partial charge in [0.25, 0.3) is 0 Å². The van der Waals surface area contributed by atoms with Gasteiger partial charge in [0.1, 0.15) is 11.8 Å². The van der Waals surface area contributed by atoms with Gasteiger partial charge in [0.05, 0.1) is 5.69 Å². The molecule has 0 aliphatic carbocycles. The van der Waals surface area contributed by atoms with E-state index in [1.807, 2.05) is 18.4 Å². The van der Waals surface area contributed by atoms with Gasteiger partial charge in [-0.05, 0) is 35.8 Å². The van der Waals surface area contributed by atoms with E-state index in [2.05, 4.69) is 36.8 Å². The molecule has 1 aliphatic heterocycles. The number of aliphatic imine (C=N–C) groups is 1. The molecule has 0 bridgehead atoms. The molecule has 18 heavy (non-hydrogen) atoms. The number of hydrogen-bond acceptors (Lipinski definition) is 3. The summed E-state index contributed by atoms with van der Waals surface area (Å²) in [5.41, 5.74) is 3.80. The standard InChI is InChI=1S/C15H17N3/c1-15(2,3)14-13(5-4-12(10-16)18-14)11-6-8-17-9-7-11/h4-6,8H,7,9H2,1-3H3. The van der Waals surface area contributed by atoms with Crippen LogP contribution in [0.2, 0.25) is 0 Å². The van der Waals surface area contributed by atoms with Crippen LogP contribution in [0.1, 0.15) is 44.1 Å². The van der Waals surface area contributed by atoms with Gasteiger partial charge in [0, 0.05) is 18.2 Å². The third-order valence-electron chi connectivity index (χ3n) is 2.96. The molecule has 1 aromatic heterocycles. The molecule has 0 amide bonds. The summed E-state index contributed by atoms with van der Waals surface area (Å²) in [5, 5.41) is 8.98. The predicted octanol–water partition coefficient (Wildman–Crippen LogP) is 3.11. The largest absolute Gasteiger partial charge is 0.293 e. The van der Waals surface area contributed by atoms with Crippen molar-refractivity contribution in [2.75, 3.05) is 6.54 Å². The third-order valence-corrected chi connectivity index (χ3v) is 2.96. The van der Waals surface area contributed by atoms with Crippen LogP contribution >= 0.6 is 0 Å². The van der Waals surface area contributed by atoms with Crippen LogP contribution in [-0.4, -0.2) is 17.7 Å². The number of nitrogens with zero attached hydrogens (tertiary/aromatic N) is 3. The zero-order valence-corrected chi connectivity index (χ0v) is 11.1. The first-order valence-corrected chi connectivity index (χ1v) is 6.13. The van der Waals surface area contributed by atoms with Gasteiger partial charge in [-0.25, -0.2) is 4.98 Å². The summed E-state index contributed by atoms with van der Waals surface area (Å²) in [6, 6.07) is 5.91. The number of allylic oxidation sites excluding steroid dienone is 1. The second-order valence-electron chi connectivity index (χ2n) is 5.45. The molecule has 0 saturated carbocycles.